The lowest BCUT2D eigenvalue weighted by Gasteiger charge is -2.39. The van der Waals surface area contributed by atoms with Crippen LogP contribution in [-0.4, -0.2) is 41.3 Å². The average molecular weight is 454 g/mol. The maximum atomic E-state index is 13.4. The number of nitrogens with zero attached hydrogens (tertiary/aromatic N) is 2. The summed E-state index contributed by atoms with van der Waals surface area (Å²) in [5.41, 5.74) is 4.86. The van der Waals surface area contributed by atoms with Gasteiger partial charge < -0.3 is 15.4 Å². The van der Waals surface area contributed by atoms with Crippen molar-refractivity contribution in [2.45, 2.75) is 18.4 Å². The molecule has 7 heteroatoms. The van der Waals surface area contributed by atoms with E-state index in [0.717, 1.165) is 59.6 Å². The van der Waals surface area contributed by atoms with Crippen LogP contribution in [0.15, 0.2) is 79.1 Å². The Morgan fingerprint density at radius 1 is 0.941 bits per heavy atom. The number of ether oxygens (including phenoxy) is 1. The molecule has 0 aliphatic carbocycles. The minimum Gasteiger partial charge on any atom is -0.497 e. The molecule has 5 rings (SSSR count). The first kappa shape index (κ1) is 21.9. The van der Waals surface area contributed by atoms with Gasteiger partial charge in [-0.25, -0.2) is 4.98 Å². The Morgan fingerprint density at radius 2 is 1.68 bits per heavy atom. The Labute approximate surface area is 198 Å². The zero-order chi connectivity index (χ0) is 23.4. The number of aromatic nitrogens is 3. The van der Waals surface area contributed by atoms with Crippen molar-refractivity contribution in [3.05, 3.63) is 90.4 Å². The van der Waals surface area contributed by atoms with Crippen LogP contribution in [0.25, 0.3) is 22.4 Å². The first-order valence-electron chi connectivity index (χ1n) is 11.4. The van der Waals surface area contributed by atoms with Gasteiger partial charge in [0.2, 0.25) is 0 Å². The van der Waals surface area contributed by atoms with Crippen molar-refractivity contribution in [3.63, 3.8) is 0 Å². The van der Waals surface area contributed by atoms with E-state index in [1.807, 2.05) is 42.6 Å². The van der Waals surface area contributed by atoms with Crippen LogP contribution < -0.4 is 15.4 Å². The summed E-state index contributed by atoms with van der Waals surface area (Å²) in [5.74, 6) is 0.612. The highest BCUT2D eigenvalue weighted by molar-refractivity contribution is 5.93. The van der Waals surface area contributed by atoms with Gasteiger partial charge in [0.25, 0.3) is 5.91 Å². The van der Waals surface area contributed by atoms with E-state index in [0.29, 0.717) is 5.69 Å². The number of rotatable bonds is 6. The van der Waals surface area contributed by atoms with Crippen LogP contribution in [0.1, 0.15) is 28.9 Å². The summed E-state index contributed by atoms with van der Waals surface area (Å²) < 4.78 is 5.24. The number of carbonyl (C=O) groups excluding carboxylic acids is 1. The van der Waals surface area contributed by atoms with Gasteiger partial charge in [-0.15, -0.1) is 0 Å². The molecule has 3 N–H and O–H groups in total. The van der Waals surface area contributed by atoms with E-state index in [1.165, 1.54) is 0 Å². The number of aromatic amines is 1. The molecule has 1 amide bonds. The predicted octanol–water partition coefficient (Wildman–Crippen LogP) is 4.16. The van der Waals surface area contributed by atoms with E-state index in [-0.39, 0.29) is 5.91 Å². The van der Waals surface area contributed by atoms with Crippen LogP contribution in [0, 0.1) is 0 Å². The molecule has 1 saturated heterocycles. The van der Waals surface area contributed by atoms with Crippen LogP contribution in [0.5, 0.6) is 5.75 Å². The van der Waals surface area contributed by atoms with E-state index in [4.69, 9.17) is 4.74 Å². The number of pyridine rings is 1. The third kappa shape index (κ3) is 4.43. The SMILES string of the molecule is COc1ccc(-c2cccc(C(=O)NC3(c4ccc(-c5cn[nH]c5)cc4)CCNCC3)n2)cc1. The molecule has 34 heavy (non-hydrogen) atoms. The highest BCUT2D eigenvalue weighted by atomic mass is 16.5. The van der Waals surface area contributed by atoms with Crippen LogP contribution in [-0.2, 0) is 5.54 Å². The molecule has 2 aromatic carbocycles. The summed E-state index contributed by atoms with van der Waals surface area (Å²) in [7, 11) is 1.64. The van der Waals surface area contributed by atoms with Gasteiger partial charge >= 0.3 is 0 Å². The highest BCUT2D eigenvalue weighted by Gasteiger charge is 2.36. The van der Waals surface area contributed by atoms with Crippen LogP contribution in [0.2, 0.25) is 0 Å². The predicted molar refractivity (Wildman–Crippen MR) is 131 cm³/mol. The summed E-state index contributed by atoms with van der Waals surface area (Å²) >= 11 is 0. The Kier molecular flexibility index (Phi) is 6.10. The maximum absolute atomic E-state index is 13.4. The standard InChI is InChI=1S/C27H27N5O2/c1-34-23-11-7-20(8-12-23)24-3-2-4-25(31-24)26(33)32-27(13-15-28-16-14-27)22-9-5-19(6-10-22)21-17-29-30-18-21/h2-12,17-18,28H,13-16H2,1H3,(H,29,30)(H,32,33). The molecule has 0 atom stereocenters. The first-order valence-corrected chi connectivity index (χ1v) is 11.4. The van der Waals surface area contributed by atoms with Crippen molar-refractivity contribution in [2.24, 2.45) is 0 Å². The van der Waals surface area contributed by atoms with Crippen molar-refractivity contribution in [3.8, 4) is 28.1 Å². The molecule has 3 heterocycles. The fourth-order valence-corrected chi connectivity index (χ4v) is 4.49. The molecule has 0 saturated carbocycles. The third-order valence-electron chi connectivity index (χ3n) is 6.45. The van der Waals surface area contributed by atoms with Crippen molar-refractivity contribution in [2.75, 3.05) is 20.2 Å². The lowest BCUT2D eigenvalue weighted by molar-refractivity contribution is 0.0867. The minimum absolute atomic E-state index is 0.170. The van der Waals surface area contributed by atoms with Crippen molar-refractivity contribution >= 4 is 5.91 Å². The molecule has 172 valence electrons. The molecule has 0 spiro atoms. The molecular formula is C27H27N5O2. The van der Waals surface area contributed by atoms with Gasteiger partial charge in [-0.3, -0.25) is 9.89 Å². The molecule has 2 aromatic heterocycles. The number of methoxy groups -OCH3 is 1. The Balaban J connectivity index is 1.40. The molecule has 7 nitrogen and oxygen atoms in total. The second kappa shape index (κ2) is 9.49. The zero-order valence-corrected chi connectivity index (χ0v) is 19.0. The van der Waals surface area contributed by atoms with Gasteiger partial charge in [-0.1, -0.05) is 30.3 Å². The highest BCUT2D eigenvalue weighted by Crippen LogP contribution is 2.33. The van der Waals surface area contributed by atoms with E-state index in [2.05, 4.69) is 50.1 Å². The van der Waals surface area contributed by atoms with Gasteiger partial charge in [0.1, 0.15) is 11.4 Å². The number of hydrogen-bond acceptors (Lipinski definition) is 5. The van der Waals surface area contributed by atoms with Gasteiger partial charge in [0.15, 0.2) is 0 Å². The summed E-state index contributed by atoms with van der Waals surface area (Å²) in [6.45, 7) is 1.67. The fourth-order valence-electron chi connectivity index (χ4n) is 4.49. The molecule has 4 aromatic rings. The molecule has 1 aliphatic rings. The molecule has 0 unspecified atom stereocenters. The summed E-state index contributed by atoms with van der Waals surface area (Å²) in [6.07, 6.45) is 5.29. The van der Waals surface area contributed by atoms with E-state index >= 15 is 0 Å². The average Bonchev–Trinajstić information content (AvgIpc) is 3.45. The van der Waals surface area contributed by atoms with E-state index < -0.39 is 5.54 Å². The van der Waals surface area contributed by atoms with Gasteiger partial charge in [-0.2, -0.15) is 5.10 Å². The quantitative estimate of drug-likeness (QED) is 0.408. The molecule has 0 bridgehead atoms. The Hall–Kier alpha value is -3.97. The minimum atomic E-state index is -0.449. The fraction of sp³-hybridized carbons (Fsp3) is 0.222. The van der Waals surface area contributed by atoms with Crippen LogP contribution >= 0.6 is 0 Å². The second-order valence-corrected chi connectivity index (χ2v) is 8.49. The number of amides is 1. The topological polar surface area (TPSA) is 91.9 Å². The number of benzene rings is 2. The maximum Gasteiger partial charge on any atom is 0.270 e. The number of hydrogen-bond donors (Lipinski definition) is 3. The monoisotopic (exact) mass is 453 g/mol. The van der Waals surface area contributed by atoms with Crippen molar-refractivity contribution in [1.82, 2.24) is 25.8 Å². The van der Waals surface area contributed by atoms with Gasteiger partial charge in [0, 0.05) is 17.3 Å². The largest absolute Gasteiger partial charge is 0.497 e. The molecule has 1 aliphatic heterocycles. The first-order chi connectivity index (χ1) is 16.7. The molecule has 0 radical (unpaired) electrons. The lowest BCUT2D eigenvalue weighted by atomic mass is 9.80. The summed E-state index contributed by atoms with van der Waals surface area (Å²) in [4.78, 5) is 18.1. The van der Waals surface area contributed by atoms with Crippen LogP contribution in [0.4, 0.5) is 0 Å². The molecule has 1 fully saturated rings. The number of nitrogens with one attached hydrogen (secondary N) is 3. The number of H-pyrrole nitrogens is 1. The molecular weight excluding hydrogens is 426 g/mol. The Bertz CT molecular complexity index is 1250. The summed E-state index contributed by atoms with van der Waals surface area (Å²) in [5, 5.41) is 13.6. The smallest absolute Gasteiger partial charge is 0.270 e. The number of piperidine rings is 1. The Morgan fingerprint density at radius 3 is 2.35 bits per heavy atom. The van der Waals surface area contributed by atoms with Crippen molar-refractivity contribution < 1.29 is 9.53 Å². The van der Waals surface area contributed by atoms with Gasteiger partial charge in [-0.05, 0) is 73.5 Å². The third-order valence-corrected chi connectivity index (χ3v) is 6.45. The normalized spacial score (nSPS) is 15.0. The number of carbonyl (C=O) groups is 1. The lowest BCUT2D eigenvalue weighted by Crippen LogP contribution is -2.52. The van der Waals surface area contributed by atoms with E-state index in [9.17, 15) is 4.79 Å². The van der Waals surface area contributed by atoms with Crippen molar-refractivity contribution in [1.29, 1.82) is 0 Å². The van der Waals surface area contributed by atoms with E-state index in [1.54, 1.807) is 19.4 Å². The zero-order valence-electron chi connectivity index (χ0n) is 19.0. The van der Waals surface area contributed by atoms with Crippen LogP contribution in [0.3, 0.4) is 0 Å². The second-order valence-electron chi connectivity index (χ2n) is 8.49. The van der Waals surface area contributed by atoms with Gasteiger partial charge in [0.05, 0.1) is 24.5 Å². The summed E-state index contributed by atoms with van der Waals surface area (Å²) in [6, 6.07) is 21.6.